The van der Waals surface area contributed by atoms with Crippen LogP contribution in [0.5, 0.6) is 11.5 Å². The summed E-state index contributed by atoms with van der Waals surface area (Å²) >= 11 is 6.07. The Morgan fingerprint density at radius 1 is 0.950 bits per heavy atom. The lowest BCUT2D eigenvalue weighted by Crippen LogP contribution is -2.53. The maximum atomic E-state index is 14.0. The number of benzene rings is 3. The first-order valence-electron chi connectivity index (χ1n) is 12.9. The molecule has 3 aromatic rings. The van der Waals surface area contributed by atoms with Gasteiger partial charge in [0.1, 0.15) is 25.8 Å². The van der Waals surface area contributed by atoms with E-state index in [1.165, 1.54) is 11.0 Å². The third-order valence-corrected chi connectivity index (χ3v) is 7.77. The molecule has 4 rings (SSSR count). The summed E-state index contributed by atoms with van der Waals surface area (Å²) in [5.74, 6) is 0.0202. The molecule has 1 heterocycles. The zero-order valence-corrected chi connectivity index (χ0v) is 24.0. The highest BCUT2D eigenvalue weighted by Gasteiger charge is 2.33. The number of nitrogens with zero attached hydrogens (tertiary/aromatic N) is 2. The van der Waals surface area contributed by atoms with E-state index in [0.29, 0.717) is 36.3 Å². The molecule has 0 saturated heterocycles. The van der Waals surface area contributed by atoms with Gasteiger partial charge in [0.2, 0.25) is 21.8 Å². The molecule has 40 heavy (non-hydrogen) atoms. The van der Waals surface area contributed by atoms with Crippen molar-refractivity contribution in [1.82, 2.24) is 10.2 Å². The lowest BCUT2D eigenvalue weighted by Gasteiger charge is -2.33. The Labute approximate surface area is 239 Å². The fourth-order valence-corrected chi connectivity index (χ4v) is 5.40. The maximum Gasteiger partial charge on any atom is 0.244 e. The van der Waals surface area contributed by atoms with Crippen LogP contribution < -0.4 is 19.1 Å². The molecule has 3 aromatic carbocycles. The number of sulfonamides is 1. The summed E-state index contributed by atoms with van der Waals surface area (Å²) in [6, 6.07) is 20.1. The quantitative estimate of drug-likeness (QED) is 0.368. The van der Waals surface area contributed by atoms with Crippen LogP contribution in [0, 0.1) is 0 Å². The molecular weight excluding hydrogens is 554 g/mol. The average Bonchev–Trinajstić information content (AvgIpc) is 2.94. The van der Waals surface area contributed by atoms with Crippen LogP contribution in [0.15, 0.2) is 72.8 Å². The number of fused-ring (bicyclic) bond motifs is 1. The van der Waals surface area contributed by atoms with E-state index >= 15 is 0 Å². The first-order valence-corrected chi connectivity index (χ1v) is 15.1. The van der Waals surface area contributed by atoms with Crippen LogP contribution in [0.3, 0.4) is 0 Å². The van der Waals surface area contributed by atoms with Gasteiger partial charge in [-0.15, -0.1) is 0 Å². The van der Waals surface area contributed by atoms with E-state index in [2.05, 4.69) is 5.32 Å². The minimum absolute atomic E-state index is 0.0728. The molecule has 0 aliphatic carbocycles. The van der Waals surface area contributed by atoms with Gasteiger partial charge in [0.15, 0.2) is 11.5 Å². The monoisotopic (exact) mass is 585 g/mol. The maximum absolute atomic E-state index is 14.0. The molecule has 0 bridgehead atoms. The average molecular weight is 586 g/mol. The highest BCUT2D eigenvalue weighted by Crippen LogP contribution is 2.34. The molecule has 9 nitrogen and oxygen atoms in total. The van der Waals surface area contributed by atoms with Gasteiger partial charge in [-0.2, -0.15) is 0 Å². The summed E-state index contributed by atoms with van der Waals surface area (Å²) in [6.07, 6.45) is 1.28. The van der Waals surface area contributed by atoms with Crippen LogP contribution >= 0.6 is 11.6 Å². The van der Waals surface area contributed by atoms with E-state index in [1.807, 2.05) is 30.3 Å². The fourth-order valence-electron chi connectivity index (χ4n) is 4.43. The van der Waals surface area contributed by atoms with Crippen LogP contribution in [-0.4, -0.2) is 63.7 Å². The van der Waals surface area contributed by atoms with Crippen molar-refractivity contribution in [2.24, 2.45) is 0 Å². The number of carbonyl (C=O) groups is 2. The van der Waals surface area contributed by atoms with Crippen molar-refractivity contribution in [3.8, 4) is 11.5 Å². The van der Waals surface area contributed by atoms with Gasteiger partial charge in [-0.25, -0.2) is 8.42 Å². The van der Waals surface area contributed by atoms with E-state index in [9.17, 15) is 18.0 Å². The van der Waals surface area contributed by atoms with Crippen LogP contribution in [-0.2, 0) is 32.6 Å². The highest BCUT2D eigenvalue weighted by molar-refractivity contribution is 7.92. The summed E-state index contributed by atoms with van der Waals surface area (Å²) in [6.45, 7) is 2.45. The van der Waals surface area contributed by atoms with Crippen molar-refractivity contribution < 1.29 is 27.5 Å². The van der Waals surface area contributed by atoms with Crippen LogP contribution in [0.4, 0.5) is 5.69 Å². The SMILES string of the molecule is CCNC(=O)C(Cc1ccccc1)N(Cc1ccc(Cl)cc1)C(=O)CN(c1ccc2c(c1)OCCO2)S(C)(=O)=O. The summed E-state index contributed by atoms with van der Waals surface area (Å²) in [5, 5.41) is 3.36. The molecule has 1 atom stereocenters. The Kier molecular flexibility index (Phi) is 9.54. The molecule has 2 amide bonds. The van der Waals surface area contributed by atoms with Gasteiger partial charge in [0.05, 0.1) is 11.9 Å². The van der Waals surface area contributed by atoms with Crippen molar-refractivity contribution in [3.63, 3.8) is 0 Å². The smallest absolute Gasteiger partial charge is 0.244 e. The molecule has 0 radical (unpaired) electrons. The van der Waals surface area contributed by atoms with E-state index in [-0.39, 0.29) is 24.6 Å². The number of hydrogen-bond acceptors (Lipinski definition) is 6. The normalized spacial score (nSPS) is 13.3. The number of carbonyl (C=O) groups excluding carboxylic acids is 2. The molecular formula is C29H32ClN3O6S. The van der Waals surface area contributed by atoms with Gasteiger partial charge >= 0.3 is 0 Å². The van der Waals surface area contributed by atoms with Crippen molar-refractivity contribution in [2.75, 3.05) is 36.9 Å². The first kappa shape index (κ1) is 29.2. The molecule has 1 unspecified atom stereocenters. The van der Waals surface area contributed by atoms with Crippen LogP contribution in [0.1, 0.15) is 18.1 Å². The molecule has 1 N–H and O–H groups in total. The second kappa shape index (κ2) is 13.1. The molecule has 0 aromatic heterocycles. The third kappa shape index (κ3) is 7.45. The van der Waals surface area contributed by atoms with Gasteiger partial charge in [-0.05, 0) is 42.3 Å². The lowest BCUT2D eigenvalue weighted by molar-refractivity contribution is -0.140. The minimum atomic E-state index is -3.90. The Hall–Kier alpha value is -3.76. The van der Waals surface area contributed by atoms with Gasteiger partial charge in [-0.1, -0.05) is 54.1 Å². The molecule has 0 saturated carbocycles. The topological polar surface area (TPSA) is 105 Å². The second-order valence-corrected chi connectivity index (χ2v) is 11.7. The summed E-state index contributed by atoms with van der Waals surface area (Å²) < 4.78 is 38.1. The summed E-state index contributed by atoms with van der Waals surface area (Å²) in [5.41, 5.74) is 1.86. The summed E-state index contributed by atoms with van der Waals surface area (Å²) in [7, 11) is -3.90. The van der Waals surface area contributed by atoms with Crippen molar-refractivity contribution in [2.45, 2.75) is 25.9 Å². The third-order valence-electron chi connectivity index (χ3n) is 6.38. The Morgan fingerprint density at radius 2 is 1.62 bits per heavy atom. The fraction of sp³-hybridized carbons (Fsp3) is 0.310. The number of halogens is 1. The van der Waals surface area contributed by atoms with E-state index in [1.54, 1.807) is 43.3 Å². The largest absolute Gasteiger partial charge is 0.486 e. The molecule has 0 fully saturated rings. The number of rotatable bonds is 11. The number of amides is 2. The molecule has 0 spiro atoms. The predicted molar refractivity (Wildman–Crippen MR) is 154 cm³/mol. The van der Waals surface area contributed by atoms with Crippen molar-refractivity contribution in [3.05, 3.63) is 88.9 Å². The molecule has 1 aliphatic heterocycles. The van der Waals surface area contributed by atoms with Gasteiger partial charge in [-0.3, -0.25) is 13.9 Å². The Morgan fingerprint density at radius 3 is 2.27 bits per heavy atom. The molecule has 212 valence electrons. The number of hydrogen-bond donors (Lipinski definition) is 1. The van der Waals surface area contributed by atoms with E-state index in [0.717, 1.165) is 21.7 Å². The number of anilines is 1. The van der Waals surface area contributed by atoms with Gasteiger partial charge < -0.3 is 19.7 Å². The van der Waals surface area contributed by atoms with E-state index < -0.39 is 28.5 Å². The zero-order valence-electron chi connectivity index (χ0n) is 22.4. The first-order chi connectivity index (χ1) is 19.2. The van der Waals surface area contributed by atoms with Crippen LogP contribution in [0.2, 0.25) is 5.02 Å². The van der Waals surface area contributed by atoms with Gasteiger partial charge in [0, 0.05) is 30.6 Å². The standard InChI is InChI=1S/C29H32ClN3O6S/c1-3-31-29(35)25(17-21-7-5-4-6-8-21)32(19-22-9-11-23(30)12-10-22)28(34)20-33(40(2,36)37)24-13-14-26-27(18-24)39-16-15-38-26/h4-14,18,25H,3,15-17,19-20H2,1-2H3,(H,31,35). The Bertz CT molecular complexity index is 1430. The van der Waals surface area contributed by atoms with Crippen molar-refractivity contribution >= 4 is 39.1 Å². The van der Waals surface area contributed by atoms with Crippen molar-refractivity contribution in [1.29, 1.82) is 0 Å². The van der Waals surface area contributed by atoms with Gasteiger partial charge in [0.25, 0.3) is 0 Å². The minimum Gasteiger partial charge on any atom is -0.486 e. The predicted octanol–water partition coefficient (Wildman–Crippen LogP) is 3.65. The number of ether oxygens (including phenoxy) is 2. The van der Waals surface area contributed by atoms with E-state index in [4.69, 9.17) is 21.1 Å². The number of likely N-dealkylation sites (N-methyl/N-ethyl adjacent to an activating group) is 1. The second-order valence-electron chi connectivity index (χ2n) is 9.35. The molecule has 11 heteroatoms. The lowest BCUT2D eigenvalue weighted by atomic mass is 10.0. The van der Waals surface area contributed by atoms with Crippen LogP contribution in [0.25, 0.3) is 0 Å². The Balaban J connectivity index is 1.71. The summed E-state index contributed by atoms with van der Waals surface area (Å²) in [4.78, 5) is 28.8. The molecule has 1 aliphatic rings. The highest BCUT2D eigenvalue weighted by atomic mass is 35.5. The number of nitrogens with one attached hydrogen (secondary N) is 1. The zero-order chi connectivity index (χ0) is 28.7.